The van der Waals surface area contributed by atoms with Gasteiger partial charge in [0.2, 0.25) is 0 Å². The summed E-state index contributed by atoms with van der Waals surface area (Å²) in [5.74, 6) is 0. The van der Waals surface area contributed by atoms with Crippen molar-refractivity contribution in [2.24, 2.45) is 0 Å². The number of hydrogen-bond acceptors (Lipinski definition) is 3. The molecule has 1 aliphatic rings. The third-order valence-corrected chi connectivity index (χ3v) is 5.64. The van der Waals surface area contributed by atoms with Crippen molar-refractivity contribution in [1.82, 2.24) is 15.0 Å². The van der Waals surface area contributed by atoms with E-state index >= 15 is 0 Å². The summed E-state index contributed by atoms with van der Waals surface area (Å²) in [7, 11) is 0. The van der Waals surface area contributed by atoms with Crippen LogP contribution in [0.25, 0.3) is 33.4 Å². The Morgan fingerprint density at radius 3 is 2.54 bits per heavy atom. The molecule has 26 heavy (non-hydrogen) atoms. The van der Waals surface area contributed by atoms with E-state index in [1.54, 1.807) is 6.20 Å². The monoisotopic (exact) mass is 401 g/mol. The molecule has 0 aliphatic heterocycles. The Kier molecular flexibility index (Phi) is 3.28. The van der Waals surface area contributed by atoms with E-state index in [1.807, 2.05) is 12.1 Å². The van der Waals surface area contributed by atoms with Crippen molar-refractivity contribution in [3.05, 3.63) is 76.7 Å². The van der Waals surface area contributed by atoms with Crippen LogP contribution in [0.4, 0.5) is 0 Å². The second kappa shape index (κ2) is 5.45. The fourth-order valence-electron chi connectivity index (χ4n) is 3.99. The summed E-state index contributed by atoms with van der Waals surface area (Å²) >= 11 is 3.44. The molecule has 0 unspecified atom stereocenters. The molecule has 0 N–H and O–H groups in total. The Balaban J connectivity index is 1.77. The van der Waals surface area contributed by atoms with Gasteiger partial charge >= 0.3 is 0 Å². The zero-order valence-corrected chi connectivity index (χ0v) is 16.1. The van der Waals surface area contributed by atoms with E-state index in [0.29, 0.717) is 4.73 Å². The summed E-state index contributed by atoms with van der Waals surface area (Å²) in [6.45, 7) is 4.57. The Bertz CT molecular complexity index is 1180. The van der Waals surface area contributed by atoms with Gasteiger partial charge in [0.15, 0.2) is 4.73 Å². The maximum atomic E-state index is 4.64. The number of aromatic nitrogens is 3. The summed E-state index contributed by atoms with van der Waals surface area (Å²) in [4.78, 5) is 13.6. The van der Waals surface area contributed by atoms with Crippen molar-refractivity contribution in [3.63, 3.8) is 0 Å². The van der Waals surface area contributed by atoms with Crippen molar-refractivity contribution in [1.29, 1.82) is 0 Å². The van der Waals surface area contributed by atoms with Gasteiger partial charge in [0.25, 0.3) is 0 Å². The zero-order chi connectivity index (χ0) is 17.9. The first-order chi connectivity index (χ1) is 12.6. The lowest BCUT2D eigenvalue weighted by atomic mass is 9.82. The average molecular weight is 402 g/mol. The van der Waals surface area contributed by atoms with Crippen molar-refractivity contribution in [2.75, 3.05) is 0 Å². The minimum Gasteiger partial charge on any atom is -0.252 e. The molecule has 4 aromatic rings. The fraction of sp³-hybridized carbons (Fsp3) is 0.136. The van der Waals surface area contributed by atoms with E-state index in [1.165, 1.54) is 22.3 Å². The molecular weight excluding hydrogens is 386 g/mol. The van der Waals surface area contributed by atoms with Crippen LogP contribution in [0.1, 0.15) is 25.0 Å². The molecule has 0 bridgehead atoms. The highest BCUT2D eigenvalue weighted by Crippen LogP contribution is 2.49. The molecule has 0 radical (unpaired) electrons. The van der Waals surface area contributed by atoms with Crippen LogP contribution in [0.15, 0.2) is 65.5 Å². The summed E-state index contributed by atoms with van der Waals surface area (Å²) in [6, 6.07) is 19.1. The summed E-state index contributed by atoms with van der Waals surface area (Å²) in [5, 5.41) is 0. The molecular formula is C22H16BrN3. The lowest BCUT2D eigenvalue weighted by molar-refractivity contribution is 0.660. The van der Waals surface area contributed by atoms with E-state index in [2.05, 4.69) is 87.2 Å². The lowest BCUT2D eigenvalue weighted by Gasteiger charge is -2.22. The first kappa shape index (κ1) is 15.6. The van der Waals surface area contributed by atoms with Crippen LogP contribution in [0.5, 0.6) is 0 Å². The van der Waals surface area contributed by atoms with Gasteiger partial charge in [-0.2, -0.15) is 0 Å². The van der Waals surface area contributed by atoms with Crippen molar-refractivity contribution >= 4 is 27.0 Å². The molecule has 1 aliphatic carbocycles. The number of halogens is 1. The molecule has 0 saturated carbocycles. The van der Waals surface area contributed by atoms with Crippen LogP contribution < -0.4 is 0 Å². The topological polar surface area (TPSA) is 38.7 Å². The molecule has 3 nitrogen and oxygen atoms in total. The van der Waals surface area contributed by atoms with Crippen LogP contribution >= 0.6 is 15.9 Å². The third kappa shape index (κ3) is 2.15. The quantitative estimate of drug-likeness (QED) is 0.380. The molecule has 2 aromatic carbocycles. The van der Waals surface area contributed by atoms with E-state index in [4.69, 9.17) is 0 Å². The van der Waals surface area contributed by atoms with Crippen molar-refractivity contribution < 1.29 is 0 Å². The van der Waals surface area contributed by atoms with Crippen LogP contribution in [-0.4, -0.2) is 15.0 Å². The van der Waals surface area contributed by atoms with Crippen LogP contribution in [0.3, 0.4) is 0 Å². The molecule has 0 fully saturated rings. The van der Waals surface area contributed by atoms with Crippen LogP contribution in [0, 0.1) is 0 Å². The molecule has 0 saturated heterocycles. The Morgan fingerprint density at radius 2 is 1.65 bits per heavy atom. The first-order valence-corrected chi connectivity index (χ1v) is 9.38. The third-order valence-electron chi connectivity index (χ3n) is 5.28. The van der Waals surface area contributed by atoms with Gasteiger partial charge in [-0.05, 0) is 56.4 Å². The number of pyridine rings is 1. The van der Waals surface area contributed by atoms with Crippen molar-refractivity contribution in [2.45, 2.75) is 19.3 Å². The number of nitrogens with zero attached hydrogens (tertiary/aromatic N) is 3. The summed E-state index contributed by atoms with van der Waals surface area (Å²) in [5.41, 5.74) is 8.89. The van der Waals surface area contributed by atoms with E-state index in [0.717, 1.165) is 22.3 Å². The summed E-state index contributed by atoms with van der Waals surface area (Å²) < 4.78 is 0.580. The van der Waals surface area contributed by atoms with Gasteiger partial charge in [-0.25, -0.2) is 9.97 Å². The van der Waals surface area contributed by atoms with Crippen molar-refractivity contribution in [3.8, 4) is 22.4 Å². The van der Waals surface area contributed by atoms with Gasteiger partial charge < -0.3 is 0 Å². The van der Waals surface area contributed by atoms with Gasteiger partial charge in [0.1, 0.15) is 11.2 Å². The van der Waals surface area contributed by atoms with Gasteiger partial charge in [0.05, 0.1) is 5.52 Å². The Labute approximate surface area is 160 Å². The van der Waals surface area contributed by atoms with Crippen LogP contribution in [-0.2, 0) is 5.41 Å². The second-order valence-electron chi connectivity index (χ2n) is 7.14. The highest BCUT2D eigenvalue weighted by Gasteiger charge is 2.35. The maximum absolute atomic E-state index is 4.64. The van der Waals surface area contributed by atoms with E-state index in [9.17, 15) is 0 Å². The Morgan fingerprint density at radius 1 is 0.846 bits per heavy atom. The minimum absolute atomic E-state index is 0.0323. The first-order valence-electron chi connectivity index (χ1n) is 8.59. The predicted molar refractivity (Wildman–Crippen MR) is 108 cm³/mol. The molecule has 0 atom stereocenters. The van der Waals surface area contributed by atoms with Gasteiger partial charge in [0, 0.05) is 17.2 Å². The molecule has 5 rings (SSSR count). The molecule has 4 heteroatoms. The number of benzene rings is 2. The lowest BCUT2D eigenvalue weighted by Crippen LogP contribution is -2.15. The largest absolute Gasteiger partial charge is 0.252 e. The predicted octanol–water partition coefficient (Wildman–Crippen LogP) is 5.76. The highest BCUT2D eigenvalue weighted by atomic mass is 79.9. The second-order valence-corrected chi connectivity index (χ2v) is 7.85. The summed E-state index contributed by atoms with van der Waals surface area (Å²) in [6.07, 6.45) is 1.79. The van der Waals surface area contributed by atoms with Gasteiger partial charge in [-0.3, -0.25) is 4.98 Å². The molecule has 2 heterocycles. The number of hydrogen-bond donors (Lipinski definition) is 0. The Hall–Kier alpha value is -2.59. The normalized spacial score (nSPS) is 14.3. The maximum Gasteiger partial charge on any atom is 0.197 e. The number of fused-ring (bicyclic) bond motifs is 4. The standard InChI is InChI=1S/C22H16BrN3/c1-22(2)16-7-4-3-6-14(16)15-10-9-13(12-17(15)22)19-20-18(8-5-11-24-20)25-21(23)26-19/h3-12H,1-2H3. The molecule has 0 spiro atoms. The van der Waals surface area contributed by atoms with Gasteiger partial charge in [-0.1, -0.05) is 50.2 Å². The minimum atomic E-state index is -0.0323. The smallest absolute Gasteiger partial charge is 0.197 e. The number of rotatable bonds is 1. The van der Waals surface area contributed by atoms with E-state index in [-0.39, 0.29) is 5.41 Å². The van der Waals surface area contributed by atoms with E-state index < -0.39 is 0 Å². The average Bonchev–Trinajstić information content (AvgIpc) is 2.89. The zero-order valence-electron chi connectivity index (χ0n) is 14.5. The molecule has 0 amide bonds. The van der Waals surface area contributed by atoms with Crippen LogP contribution in [0.2, 0.25) is 0 Å². The highest BCUT2D eigenvalue weighted by molar-refractivity contribution is 9.10. The fourth-order valence-corrected chi connectivity index (χ4v) is 4.36. The SMILES string of the molecule is CC1(C)c2ccccc2-c2ccc(-c3nc(Br)nc4cccnc34)cc21. The van der Waals surface area contributed by atoms with Gasteiger partial charge in [-0.15, -0.1) is 0 Å². The molecule has 126 valence electrons. The molecule has 2 aromatic heterocycles.